The molecule has 6 rings (SSSR count). The SMILES string of the molecule is Cc1c(C)c(C)c2c(-c3c4c(C)c(C)c(C)c(C)c4c(C)c4c(C)c(C)c(C)c(C)c34)c3c(C)c(C)c(C)c(C)c3c(C)c2c1C. The van der Waals surface area contributed by atoms with Gasteiger partial charge in [0.2, 0.25) is 0 Å². The van der Waals surface area contributed by atoms with Gasteiger partial charge in [0.25, 0.3) is 0 Å². The number of hydrogen-bond donors (Lipinski definition) is 0. The van der Waals surface area contributed by atoms with E-state index < -0.39 is 0 Å². The van der Waals surface area contributed by atoms with Gasteiger partial charge in [0.1, 0.15) is 0 Å². The smallest absolute Gasteiger partial charge is 0.000818 e. The lowest BCUT2D eigenvalue weighted by Gasteiger charge is -2.30. The van der Waals surface area contributed by atoms with Gasteiger partial charge >= 0.3 is 0 Å². The Balaban J connectivity index is 2.21. The Labute approximate surface area is 278 Å². The second-order valence-electron chi connectivity index (χ2n) is 15.0. The maximum absolute atomic E-state index is 2.40. The summed E-state index contributed by atoms with van der Waals surface area (Å²) >= 11 is 0. The van der Waals surface area contributed by atoms with Gasteiger partial charge in [-0.25, -0.2) is 0 Å². The van der Waals surface area contributed by atoms with Gasteiger partial charge in [-0.05, 0) is 279 Å². The van der Waals surface area contributed by atoms with Gasteiger partial charge in [0.05, 0.1) is 0 Å². The van der Waals surface area contributed by atoms with Crippen LogP contribution in [0.4, 0.5) is 0 Å². The molecular formula is C46H54. The van der Waals surface area contributed by atoms with Gasteiger partial charge in [-0.15, -0.1) is 0 Å². The summed E-state index contributed by atoms with van der Waals surface area (Å²) in [7, 11) is 0. The van der Waals surface area contributed by atoms with Gasteiger partial charge in [-0.2, -0.15) is 0 Å². The maximum Gasteiger partial charge on any atom is -0.000818 e. The molecule has 0 aliphatic heterocycles. The third kappa shape index (κ3) is 3.79. The highest BCUT2D eigenvalue weighted by Gasteiger charge is 2.29. The molecule has 0 aliphatic carbocycles. The standard InChI is InChI=1S/C46H54/c1-19-23(5)31(13)41-37(27(19)9)35(17)38-28(10)20(2)24(6)32(14)42(38)45(41)46-43-33(15)25(7)21(3)29(11)39(43)36(18)40-30(12)22(4)26(8)34(16)44(40)46/h1-18H3. The summed E-state index contributed by atoms with van der Waals surface area (Å²) in [6, 6.07) is 0. The van der Waals surface area contributed by atoms with Crippen molar-refractivity contribution in [2.24, 2.45) is 0 Å². The summed E-state index contributed by atoms with van der Waals surface area (Å²) in [4.78, 5) is 0. The third-order valence-corrected chi connectivity index (χ3v) is 13.5. The first-order valence-corrected chi connectivity index (χ1v) is 17.2. The lowest BCUT2D eigenvalue weighted by Crippen LogP contribution is -2.07. The fourth-order valence-electron chi connectivity index (χ4n) is 9.38. The molecule has 0 N–H and O–H groups in total. The molecule has 0 spiro atoms. The van der Waals surface area contributed by atoms with E-state index in [0.29, 0.717) is 0 Å². The van der Waals surface area contributed by atoms with Crippen molar-refractivity contribution in [2.75, 3.05) is 0 Å². The van der Waals surface area contributed by atoms with Crippen LogP contribution in [0.3, 0.4) is 0 Å². The molecule has 0 aromatic heterocycles. The fraction of sp³-hybridized carbons (Fsp3) is 0.391. The van der Waals surface area contributed by atoms with Crippen molar-refractivity contribution in [3.63, 3.8) is 0 Å². The van der Waals surface area contributed by atoms with E-state index in [2.05, 4.69) is 125 Å². The second kappa shape index (κ2) is 10.4. The molecule has 0 atom stereocenters. The molecule has 0 aliphatic rings. The van der Waals surface area contributed by atoms with E-state index in [1.807, 2.05) is 0 Å². The highest BCUT2D eigenvalue weighted by atomic mass is 14.3. The van der Waals surface area contributed by atoms with Crippen LogP contribution < -0.4 is 0 Å². The first-order valence-electron chi connectivity index (χ1n) is 17.2. The molecule has 6 aromatic carbocycles. The Morgan fingerprint density at radius 3 is 0.413 bits per heavy atom. The van der Waals surface area contributed by atoms with Crippen molar-refractivity contribution in [1.82, 2.24) is 0 Å². The predicted molar refractivity (Wildman–Crippen MR) is 207 cm³/mol. The molecule has 0 saturated carbocycles. The minimum Gasteiger partial charge on any atom is -0.0444 e. The molecule has 0 heterocycles. The van der Waals surface area contributed by atoms with E-state index in [9.17, 15) is 0 Å². The summed E-state index contributed by atoms with van der Waals surface area (Å²) in [5.41, 5.74) is 28.5. The molecule has 0 nitrogen and oxygen atoms in total. The largest absolute Gasteiger partial charge is 0.0444 e. The van der Waals surface area contributed by atoms with Crippen LogP contribution in [0.2, 0.25) is 0 Å². The van der Waals surface area contributed by atoms with E-state index in [4.69, 9.17) is 0 Å². The Hall–Kier alpha value is -3.64. The Morgan fingerprint density at radius 1 is 0.130 bits per heavy atom. The number of rotatable bonds is 1. The van der Waals surface area contributed by atoms with Crippen molar-refractivity contribution in [1.29, 1.82) is 0 Å². The summed E-state index contributed by atoms with van der Waals surface area (Å²) in [6.45, 7) is 42.5. The van der Waals surface area contributed by atoms with Gasteiger partial charge in [-0.3, -0.25) is 0 Å². The second-order valence-corrected chi connectivity index (χ2v) is 15.0. The summed E-state index contributed by atoms with van der Waals surface area (Å²) in [6.07, 6.45) is 0. The monoisotopic (exact) mass is 606 g/mol. The van der Waals surface area contributed by atoms with Crippen LogP contribution in [0.15, 0.2) is 0 Å². The molecule has 0 bridgehead atoms. The van der Waals surface area contributed by atoms with E-state index in [-0.39, 0.29) is 0 Å². The molecule has 0 saturated heterocycles. The summed E-state index contributed by atoms with van der Waals surface area (Å²) < 4.78 is 0. The maximum atomic E-state index is 2.40. The number of fused-ring (bicyclic) bond motifs is 4. The first kappa shape index (κ1) is 32.3. The summed E-state index contributed by atoms with van der Waals surface area (Å²) in [5.74, 6) is 0. The minimum atomic E-state index is 1.42. The Morgan fingerprint density at radius 2 is 0.261 bits per heavy atom. The third-order valence-electron chi connectivity index (χ3n) is 13.5. The highest BCUT2D eigenvalue weighted by molar-refractivity contribution is 6.29. The molecule has 0 heteroatoms. The van der Waals surface area contributed by atoms with Crippen molar-refractivity contribution >= 4 is 43.1 Å². The first-order chi connectivity index (χ1) is 21.4. The molecule has 0 radical (unpaired) electrons. The van der Waals surface area contributed by atoms with Crippen LogP contribution >= 0.6 is 0 Å². The predicted octanol–water partition coefficient (Wildman–Crippen LogP) is 13.5. The lowest BCUT2D eigenvalue weighted by atomic mass is 9.74. The topological polar surface area (TPSA) is 0 Å². The zero-order valence-corrected chi connectivity index (χ0v) is 32.0. The van der Waals surface area contributed by atoms with Crippen LogP contribution in [0, 0.1) is 125 Å². The minimum absolute atomic E-state index is 1.42. The zero-order chi connectivity index (χ0) is 34.2. The van der Waals surface area contributed by atoms with Crippen molar-refractivity contribution in [3.8, 4) is 11.1 Å². The molecule has 238 valence electrons. The van der Waals surface area contributed by atoms with E-state index in [0.717, 1.165) is 0 Å². The zero-order valence-electron chi connectivity index (χ0n) is 32.0. The molecule has 0 fully saturated rings. The van der Waals surface area contributed by atoms with Crippen molar-refractivity contribution in [3.05, 3.63) is 100 Å². The Bertz CT molecular complexity index is 2070. The van der Waals surface area contributed by atoms with Gasteiger partial charge in [-0.1, -0.05) is 0 Å². The van der Waals surface area contributed by atoms with Gasteiger partial charge in [0.15, 0.2) is 0 Å². The molecule has 0 unspecified atom stereocenters. The normalized spacial score (nSPS) is 12.1. The molecular weight excluding hydrogens is 553 g/mol. The van der Waals surface area contributed by atoms with Crippen LogP contribution in [0.1, 0.15) is 100 Å². The van der Waals surface area contributed by atoms with Crippen LogP contribution in [-0.4, -0.2) is 0 Å². The van der Waals surface area contributed by atoms with Gasteiger partial charge < -0.3 is 0 Å². The number of aryl methyl sites for hydroxylation is 10. The highest BCUT2D eigenvalue weighted by Crippen LogP contribution is 2.53. The van der Waals surface area contributed by atoms with E-state index in [1.54, 1.807) is 0 Å². The average Bonchev–Trinajstić information content (AvgIpc) is 3.02. The Kier molecular flexibility index (Phi) is 7.33. The molecule has 6 aromatic rings. The lowest BCUT2D eigenvalue weighted by molar-refractivity contribution is 1.23. The van der Waals surface area contributed by atoms with E-state index in [1.165, 1.54) is 154 Å². The number of benzene rings is 6. The average molecular weight is 607 g/mol. The fourth-order valence-corrected chi connectivity index (χ4v) is 9.38. The molecule has 46 heavy (non-hydrogen) atoms. The van der Waals surface area contributed by atoms with Crippen LogP contribution in [0.5, 0.6) is 0 Å². The van der Waals surface area contributed by atoms with Gasteiger partial charge in [0, 0.05) is 0 Å². The van der Waals surface area contributed by atoms with Crippen molar-refractivity contribution in [2.45, 2.75) is 125 Å². The quantitative estimate of drug-likeness (QED) is 0.163. The van der Waals surface area contributed by atoms with Crippen LogP contribution in [0.25, 0.3) is 54.2 Å². The number of hydrogen-bond acceptors (Lipinski definition) is 0. The van der Waals surface area contributed by atoms with Crippen molar-refractivity contribution < 1.29 is 0 Å². The molecule has 0 amide bonds. The van der Waals surface area contributed by atoms with E-state index >= 15 is 0 Å². The summed E-state index contributed by atoms with van der Waals surface area (Å²) in [5, 5.41) is 11.6. The van der Waals surface area contributed by atoms with Crippen LogP contribution in [-0.2, 0) is 0 Å².